The predicted octanol–water partition coefficient (Wildman–Crippen LogP) is 2.23. The van der Waals surface area contributed by atoms with E-state index < -0.39 is 0 Å². The van der Waals surface area contributed by atoms with E-state index in [-0.39, 0.29) is 0 Å². The van der Waals surface area contributed by atoms with Crippen molar-refractivity contribution in [3.63, 3.8) is 0 Å². The maximum Gasteiger partial charge on any atom is 0.196 e. The Morgan fingerprint density at radius 2 is 2.38 bits per heavy atom. The van der Waals surface area contributed by atoms with Crippen LogP contribution in [0.4, 0.5) is 0 Å². The molecule has 16 heavy (non-hydrogen) atoms. The van der Waals surface area contributed by atoms with Crippen LogP contribution in [0.15, 0.2) is 33.6 Å². The molecule has 84 valence electrons. The Balaban J connectivity index is 1.59. The molecule has 1 aliphatic rings. The van der Waals surface area contributed by atoms with Gasteiger partial charge in [-0.1, -0.05) is 0 Å². The summed E-state index contributed by atoms with van der Waals surface area (Å²) in [6.45, 7) is 0.940. The lowest BCUT2D eigenvalue weighted by atomic mass is 10.3. The van der Waals surface area contributed by atoms with E-state index in [0.717, 1.165) is 36.2 Å². The van der Waals surface area contributed by atoms with Crippen molar-refractivity contribution >= 4 is 0 Å². The van der Waals surface area contributed by atoms with E-state index in [9.17, 15) is 0 Å². The lowest BCUT2D eigenvalue weighted by molar-refractivity contribution is 0.493. The van der Waals surface area contributed by atoms with Gasteiger partial charge in [-0.3, -0.25) is 0 Å². The quantitative estimate of drug-likeness (QED) is 0.836. The number of oxazole rings is 1. The highest BCUT2D eigenvalue weighted by atomic mass is 16.4. The fourth-order valence-electron chi connectivity index (χ4n) is 1.63. The summed E-state index contributed by atoms with van der Waals surface area (Å²) in [7, 11) is 0. The summed E-state index contributed by atoms with van der Waals surface area (Å²) in [6, 6.07) is 2.61. The van der Waals surface area contributed by atoms with Gasteiger partial charge < -0.3 is 14.2 Å². The van der Waals surface area contributed by atoms with E-state index in [0.29, 0.717) is 0 Å². The standard InChI is InChI=1S/C12H14N2O2/c1-2-10(1)13-5-3-12-14-7-11(16-12)9-4-6-15-8-9/h4,6-8,10,13H,1-3,5H2. The molecule has 1 aliphatic carbocycles. The summed E-state index contributed by atoms with van der Waals surface area (Å²) in [4.78, 5) is 4.24. The molecular weight excluding hydrogens is 204 g/mol. The maximum absolute atomic E-state index is 5.62. The molecule has 2 aromatic rings. The normalized spacial score (nSPS) is 15.5. The average Bonchev–Trinajstić information content (AvgIpc) is 2.83. The van der Waals surface area contributed by atoms with Crippen LogP contribution in [-0.4, -0.2) is 17.6 Å². The highest BCUT2D eigenvalue weighted by Gasteiger charge is 2.20. The summed E-state index contributed by atoms with van der Waals surface area (Å²) in [5.74, 6) is 1.56. The average molecular weight is 218 g/mol. The number of aromatic nitrogens is 1. The van der Waals surface area contributed by atoms with Crippen molar-refractivity contribution in [1.29, 1.82) is 0 Å². The summed E-state index contributed by atoms with van der Waals surface area (Å²) in [5, 5.41) is 3.43. The molecule has 4 nitrogen and oxygen atoms in total. The molecule has 1 N–H and O–H groups in total. The monoisotopic (exact) mass is 218 g/mol. The van der Waals surface area contributed by atoms with Gasteiger partial charge in [0.1, 0.15) is 6.26 Å². The summed E-state index contributed by atoms with van der Waals surface area (Å²) in [5.41, 5.74) is 0.939. The third kappa shape index (κ3) is 2.17. The van der Waals surface area contributed by atoms with Crippen LogP contribution in [0.1, 0.15) is 18.7 Å². The Kier molecular flexibility index (Phi) is 2.50. The molecule has 0 aromatic carbocycles. The molecule has 0 radical (unpaired) electrons. The summed E-state index contributed by atoms with van der Waals surface area (Å²) >= 11 is 0. The van der Waals surface area contributed by atoms with Gasteiger partial charge in [-0.25, -0.2) is 4.98 Å². The molecule has 0 unspecified atom stereocenters. The van der Waals surface area contributed by atoms with Crippen LogP contribution >= 0.6 is 0 Å². The van der Waals surface area contributed by atoms with Crippen molar-refractivity contribution < 1.29 is 8.83 Å². The summed E-state index contributed by atoms with van der Waals surface area (Å²) < 4.78 is 10.6. The molecule has 2 aromatic heterocycles. The van der Waals surface area contributed by atoms with E-state index in [1.165, 1.54) is 12.8 Å². The summed E-state index contributed by atoms with van der Waals surface area (Å²) in [6.07, 6.45) is 8.50. The highest BCUT2D eigenvalue weighted by Crippen LogP contribution is 2.21. The molecule has 0 atom stereocenters. The third-order valence-corrected chi connectivity index (χ3v) is 2.71. The van der Waals surface area contributed by atoms with E-state index in [4.69, 9.17) is 8.83 Å². The molecule has 1 fully saturated rings. The molecule has 1 saturated carbocycles. The van der Waals surface area contributed by atoms with Crippen molar-refractivity contribution in [1.82, 2.24) is 10.3 Å². The molecule has 3 rings (SSSR count). The van der Waals surface area contributed by atoms with E-state index in [2.05, 4.69) is 10.3 Å². The Bertz CT molecular complexity index is 443. The largest absolute Gasteiger partial charge is 0.472 e. The maximum atomic E-state index is 5.62. The van der Waals surface area contributed by atoms with E-state index in [1.54, 1.807) is 18.7 Å². The van der Waals surface area contributed by atoms with Crippen molar-refractivity contribution in [2.75, 3.05) is 6.54 Å². The van der Waals surface area contributed by atoms with Crippen molar-refractivity contribution in [2.45, 2.75) is 25.3 Å². The third-order valence-electron chi connectivity index (χ3n) is 2.71. The van der Waals surface area contributed by atoms with E-state index in [1.807, 2.05) is 6.07 Å². The molecule has 0 amide bonds. The Morgan fingerprint density at radius 1 is 1.44 bits per heavy atom. The Morgan fingerprint density at radius 3 is 3.12 bits per heavy atom. The molecule has 0 aliphatic heterocycles. The van der Waals surface area contributed by atoms with Crippen LogP contribution in [0.5, 0.6) is 0 Å². The number of nitrogens with zero attached hydrogens (tertiary/aromatic N) is 1. The fourth-order valence-corrected chi connectivity index (χ4v) is 1.63. The molecule has 0 bridgehead atoms. The van der Waals surface area contributed by atoms with Crippen LogP contribution in [0.2, 0.25) is 0 Å². The van der Waals surface area contributed by atoms with Crippen LogP contribution in [0.3, 0.4) is 0 Å². The van der Waals surface area contributed by atoms with Gasteiger partial charge in [0.15, 0.2) is 11.7 Å². The van der Waals surface area contributed by atoms with Crippen LogP contribution in [-0.2, 0) is 6.42 Å². The Hall–Kier alpha value is -1.55. The molecule has 0 saturated heterocycles. The minimum atomic E-state index is 0.739. The van der Waals surface area contributed by atoms with Crippen molar-refractivity contribution in [2.24, 2.45) is 0 Å². The van der Waals surface area contributed by atoms with Gasteiger partial charge in [0.25, 0.3) is 0 Å². The smallest absolute Gasteiger partial charge is 0.196 e. The molecule has 4 heteroatoms. The second-order valence-electron chi connectivity index (χ2n) is 4.11. The minimum absolute atomic E-state index is 0.739. The molecule has 2 heterocycles. The lowest BCUT2D eigenvalue weighted by Crippen LogP contribution is -2.19. The van der Waals surface area contributed by atoms with Crippen molar-refractivity contribution in [3.05, 3.63) is 30.7 Å². The minimum Gasteiger partial charge on any atom is -0.472 e. The van der Waals surface area contributed by atoms with Gasteiger partial charge in [-0.2, -0.15) is 0 Å². The zero-order chi connectivity index (χ0) is 10.8. The first-order valence-electron chi connectivity index (χ1n) is 5.62. The number of rotatable bonds is 5. The van der Waals surface area contributed by atoms with Gasteiger partial charge >= 0.3 is 0 Å². The first-order valence-corrected chi connectivity index (χ1v) is 5.62. The van der Waals surface area contributed by atoms with Crippen LogP contribution in [0.25, 0.3) is 11.3 Å². The first-order chi connectivity index (χ1) is 7.92. The second-order valence-corrected chi connectivity index (χ2v) is 4.11. The molecular formula is C12H14N2O2. The second kappa shape index (κ2) is 4.14. The molecule has 0 spiro atoms. The SMILES string of the molecule is c1cc(-c2cnc(CCNC3CC3)o2)co1. The number of furan rings is 1. The van der Waals surface area contributed by atoms with Crippen LogP contribution in [0, 0.1) is 0 Å². The lowest BCUT2D eigenvalue weighted by Gasteiger charge is -1.98. The zero-order valence-electron chi connectivity index (χ0n) is 8.98. The predicted molar refractivity (Wildman–Crippen MR) is 58.9 cm³/mol. The highest BCUT2D eigenvalue weighted by molar-refractivity contribution is 5.53. The number of nitrogens with one attached hydrogen (secondary N) is 1. The number of hydrogen-bond acceptors (Lipinski definition) is 4. The van der Waals surface area contributed by atoms with Crippen LogP contribution < -0.4 is 5.32 Å². The van der Waals surface area contributed by atoms with Crippen molar-refractivity contribution in [3.8, 4) is 11.3 Å². The van der Waals surface area contributed by atoms with E-state index >= 15 is 0 Å². The fraction of sp³-hybridized carbons (Fsp3) is 0.417. The van der Waals surface area contributed by atoms with Gasteiger partial charge in [0.2, 0.25) is 0 Å². The van der Waals surface area contributed by atoms with Gasteiger partial charge in [0.05, 0.1) is 18.0 Å². The number of hydrogen-bond donors (Lipinski definition) is 1. The topological polar surface area (TPSA) is 51.2 Å². The van der Waals surface area contributed by atoms with Gasteiger partial charge in [0, 0.05) is 19.0 Å². The Labute approximate surface area is 93.7 Å². The van der Waals surface area contributed by atoms with Gasteiger partial charge in [-0.15, -0.1) is 0 Å². The first kappa shape index (κ1) is 9.66. The van der Waals surface area contributed by atoms with Gasteiger partial charge in [-0.05, 0) is 18.9 Å². The zero-order valence-corrected chi connectivity index (χ0v) is 8.98.